The smallest absolute Gasteiger partial charge is 0.274 e. The third-order valence-corrected chi connectivity index (χ3v) is 2.34. The Morgan fingerprint density at radius 1 is 1.28 bits per heavy atom. The van der Waals surface area contributed by atoms with Crippen LogP contribution >= 0.6 is 0 Å². The number of nitro groups is 1. The zero-order valence-corrected chi connectivity index (χ0v) is 9.34. The van der Waals surface area contributed by atoms with Gasteiger partial charge in [0, 0.05) is 18.8 Å². The third kappa shape index (κ3) is 3.00. The van der Waals surface area contributed by atoms with Gasteiger partial charge in [0.05, 0.1) is 11.0 Å². The van der Waals surface area contributed by atoms with E-state index in [4.69, 9.17) is 0 Å². The highest BCUT2D eigenvalue weighted by molar-refractivity contribution is 5.44. The normalized spacial score (nSPS) is 10.1. The second kappa shape index (κ2) is 5.22. The predicted molar refractivity (Wildman–Crippen MR) is 64.6 cm³/mol. The number of nitrogens with zero attached hydrogens (tertiary/aromatic N) is 2. The average Bonchev–Trinajstić information content (AvgIpc) is 2.38. The summed E-state index contributed by atoms with van der Waals surface area (Å²) in [5.41, 5.74) is 0.844. The number of pyridine rings is 1. The zero-order valence-electron chi connectivity index (χ0n) is 9.34. The number of rotatable bonds is 4. The second-order valence-electron chi connectivity index (χ2n) is 3.64. The number of hydrogen-bond donors (Lipinski definition) is 1. The van der Waals surface area contributed by atoms with Crippen LogP contribution in [0.25, 0.3) is 0 Å². The molecule has 5 nitrogen and oxygen atoms in total. The van der Waals surface area contributed by atoms with E-state index in [9.17, 15) is 14.5 Å². The summed E-state index contributed by atoms with van der Waals surface area (Å²) in [5.74, 6) is 0.112. The Labute approximate surface area is 102 Å². The maximum atomic E-state index is 12.7. The van der Waals surface area contributed by atoms with Crippen LogP contribution in [0.1, 0.15) is 5.56 Å². The van der Waals surface area contributed by atoms with Crippen molar-refractivity contribution in [3.8, 4) is 0 Å². The van der Waals surface area contributed by atoms with Gasteiger partial charge in [0.2, 0.25) is 0 Å². The number of halogens is 1. The summed E-state index contributed by atoms with van der Waals surface area (Å²) < 4.78 is 12.7. The molecule has 2 rings (SSSR count). The van der Waals surface area contributed by atoms with Gasteiger partial charge in [-0.15, -0.1) is 0 Å². The molecule has 0 unspecified atom stereocenters. The van der Waals surface area contributed by atoms with E-state index < -0.39 is 4.92 Å². The van der Waals surface area contributed by atoms with E-state index in [1.807, 2.05) is 0 Å². The van der Waals surface area contributed by atoms with Gasteiger partial charge < -0.3 is 5.32 Å². The monoisotopic (exact) mass is 247 g/mol. The maximum absolute atomic E-state index is 12.7. The molecule has 1 aromatic heterocycles. The fourth-order valence-electron chi connectivity index (χ4n) is 1.42. The molecule has 1 heterocycles. The highest BCUT2D eigenvalue weighted by atomic mass is 19.1. The van der Waals surface area contributed by atoms with Crippen LogP contribution in [-0.4, -0.2) is 9.91 Å². The maximum Gasteiger partial charge on any atom is 0.274 e. The Bertz CT molecular complexity index is 558. The molecule has 0 saturated heterocycles. The Balaban J connectivity index is 2.04. The molecule has 2 aromatic rings. The molecular formula is C12H10FN3O2. The van der Waals surface area contributed by atoms with Gasteiger partial charge in [-0.1, -0.05) is 12.1 Å². The van der Waals surface area contributed by atoms with E-state index in [0.717, 1.165) is 5.56 Å². The molecular weight excluding hydrogens is 237 g/mol. The van der Waals surface area contributed by atoms with E-state index >= 15 is 0 Å². The quantitative estimate of drug-likeness (QED) is 0.666. The van der Waals surface area contributed by atoms with Crippen LogP contribution in [0.5, 0.6) is 0 Å². The first-order valence-electron chi connectivity index (χ1n) is 5.24. The van der Waals surface area contributed by atoms with Gasteiger partial charge in [-0.2, -0.15) is 0 Å². The van der Waals surface area contributed by atoms with Crippen molar-refractivity contribution in [3.63, 3.8) is 0 Å². The predicted octanol–water partition coefficient (Wildman–Crippen LogP) is 2.74. The van der Waals surface area contributed by atoms with Crippen LogP contribution in [0.4, 0.5) is 15.9 Å². The lowest BCUT2D eigenvalue weighted by atomic mass is 10.2. The molecule has 6 heteroatoms. The highest BCUT2D eigenvalue weighted by Crippen LogP contribution is 2.15. The van der Waals surface area contributed by atoms with Gasteiger partial charge in [0.1, 0.15) is 11.6 Å². The summed E-state index contributed by atoms with van der Waals surface area (Å²) in [6.45, 7) is 0.425. The van der Waals surface area contributed by atoms with Crippen LogP contribution in [-0.2, 0) is 6.54 Å². The first-order chi connectivity index (χ1) is 8.65. The Kier molecular flexibility index (Phi) is 3.47. The SMILES string of the molecule is O=[N+]([O-])c1ccnc(NCc2ccc(F)cc2)c1. The average molecular weight is 247 g/mol. The summed E-state index contributed by atoms with van der Waals surface area (Å²) in [6.07, 6.45) is 1.37. The minimum Gasteiger partial charge on any atom is -0.366 e. The van der Waals surface area contributed by atoms with Crippen LogP contribution in [0.3, 0.4) is 0 Å². The Morgan fingerprint density at radius 2 is 2.00 bits per heavy atom. The van der Waals surface area contributed by atoms with Crippen LogP contribution in [0, 0.1) is 15.9 Å². The first-order valence-corrected chi connectivity index (χ1v) is 5.24. The van der Waals surface area contributed by atoms with E-state index in [1.54, 1.807) is 12.1 Å². The van der Waals surface area contributed by atoms with Crippen molar-refractivity contribution in [2.75, 3.05) is 5.32 Å². The minimum atomic E-state index is -0.481. The standard InChI is InChI=1S/C12H10FN3O2/c13-10-3-1-9(2-4-10)8-15-12-7-11(16(17)18)5-6-14-12/h1-7H,8H2,(H,14,15). The van der Waals surface area contributed by atoms with Gasteiger partial charge in [-0.05, 0) is 17.7 Å². The van der Waals surface area contributed by atoms with Gasteiger partial charge in [0.25, 0.3) is 5.69 Å². The van der Waals surface area contributed by atoms with Crippen molar-refractivity contribution in [2.24, 2.45) is 0 Å². The summed E-state index contributed by atoms with van der Waals surface area (Å²) in [6, 6.07) is 8.67. The number of anilines is 1. The number of benzene rings is 1. The van der Waals surface area contributed by atoms with Crippen LogP contribution < -0.4 is 5.32 Å². The third-order valence-electron chi connectivity index (χ3n) is 2.34. The second-order valence-corrected chi connectivity index (χ2v) is 3.64. The van der Waals surface area contributed by atoms with Gasteiger partial charge in [-0.3, -0.25) is 10.1 Å². The molecule has 0 saturated carbocycles. The molecule has 92 valence electrons. The molecule has 18 heavy (non-hydrogen) atoms. The van der Waals surface area contributed by atoms with E-state index in [-0.39, 0.29) is 11.5 Å². The van der Waals surface area contributed by atoms with Crippen molar-refractivity contribution in [3.05, 3.63) is 64.1 Å². The van der Waals surface area contributed by atoms with Crippen molar-refractivity contribution in [1.29, 1.82) is 0 Å². The molecule has 0 aliphatic heterocycles. The Morgan fingerprint density at radius 3 is 2.67 bits per heavy atom. The summed E-state index contributed by atoms with van der Waals surface area (Å²) in [4.78, 5) is 14.1. The molecule has 1 aromatic carbocycles. The minimum absolute atomic E-state index is 0.0217. The lowest BCUT2D eigenvalue weighted by Crippen LogP contribution is -2.01. The van der Waals surface area contributed by atoms with Crippen molar-refractivity contribution < 1.29 is 9.31 Å². The topological polar surface area (TPSA) is 68.1 Å². The van der Waals surface area contributed by atoms with Gasteiger partial charge in [0.15, 0.2) is 0 Å². The molecule has 0 spiro atoms. The zero-order chi connectivity index (χ0) is 13.0. The van der Waals surface area contributed by atoms with E-state index in [2.05, 4.69) is 10.3 Å². The highest BCUT2D eigenvalue weighted by Gasteiger charge is 2.06. The summed E-state index contributed by atoms with van der Waals surface area (Å²) in [7, 11) is 0. The number of aromatic nitrogens is 1. The molecule has 0 amide bonds. The largest absolute Gasteiger partial charge is 0.366 e. The van der Waals surface area contributed by atoms with Gasteiger partial charge >= 0.3 is 0 Å². The van der Waals surface area contributed by atoms with Crippen molar-refractivity contribution in [1.82, 2.24) is 4.98 Å². The van der Waals surface area contributed by atoms with E-state index in [1.165, 1.54) is 30.5 Å². The van der Waals surface area contributed by atoms with E-state index in [0.29, 0.717) is 12.4 Å². The molecule has 0 aliphatic carbocycles. The lowest BCUT2D eigenvalue weighted by Gasteiger charge is -2.05. The first kappa shape index (κ1) is 12.0. The Hall–Kier alpha value is -2.50. The fraction of sp³-hybridized carbons (Fsp3) is 0.0833. The number of nitrogens with one attached hydrogen (secondary N) is 1. The molecule has 0 atom stereocenters. The molecule has 0 radical (unpaired) electrons. The summed E-state index contributed by atoms with van der Waals surface area (Å²) in [5, 5.41) is 13.5. The van der Waals surface area contributed by atoms with Crippen LogP contribution in [0.15, 0.2) is 42.6 Å². The van der Waals surface area contributed by atoms with Gasteiger partial charge in [-0.25, -0.2) is 9.37 Å². The van der Waals surface area contributed by atoms with Crippen molar-refractivity contribution in [2.45, 2.75) is 6.54 Å². The number of hydrogen-bond acceptors (Lipinski definition) is 4. The summed E-state index contributed by atoms with van der Waals surface area (Å²) >= 11 is 0. The lowest BCUT2D eigenvalue weighted by molar-refractivity contribution is -0.384. The molecule has 0 bridgehead atoms. The van der Waals surface area contributed by atoms with Crippen LogP contribution in [0.2, 0.25) is 0 Å². The molecule has 0 aliphatic rings. The molecule has 0 fully saturated rings. The fourth-order valence-corrected chi connectivity index (χ4v) is 1.42. The molecule has 1 N–H and O–H groups in total. The van der Waals surface area contributed by atoms with Crippen molar-refractivity contribution >= 4 is 11.5 Å².